The number of phenols is 1. The number of ketones is 1. The van der Waals surface area contributed by atoms with E-state index < -0.39 is 0 Å². The van der Waals surface area contributed by atoms with Gasteiger partial charge in [0.1, 0.15) is 0 Å². The van der Waals surface area contributed by atoms with E-state index in [-0.39, 0.29) is 17.3 Å². The SMILES string of the molecule is C=CCc1ccc(O)c(OC)c1C(C)=O. The molecule has 3 nitrogen and oxygen atoms in total. The summed E-state index contributed by atoms with van der Waals surface area (Å²) in [5, 5.41) is 9.53. The lowest BCUT2D eigenvalue weighted by molar-refractivity contribution is 0.101. The Morgan fingerprint density at radius 1 is 1.60 bits per heavy atom. The first-order valence-corrected chi connectivity index (χ1v) is 4.62. The van der Waals surface area contributed by atoms with Crippen LogP contribution in [0.2, 0.25) is 0 Å². The van der Waals surface area contributed by atoms with Gasteiger partial charge in [0.25, 0.3) is 0 Å². The molecular weight excluding hydrogens is 192 g/mol. The van der Waals surface area contributed by atoms with Gasteiger partial charge in [0.15, 0.2) is 17.3 Å². The lowest BCUT2D eigenvalue weighted by Gasteiger charge is -2.11. The van der Waals surface area contributed by atoms with Gasteiger partial charge in [-0.2, -0.15) is 0 Å². The average Bonchev–Trinajstić information content (AvgIpc) is 2.20. The third-order valence-electron chi connectivity index (χ3n) is 2.14. The van der Waals surface area contributed by atoms with Gasteiger partial charge in [0.2, 0.25) is 0 Å². The van der Waals surface area contributed by atoms with Crippen LogP contribution in [-0.2, 0) is 6.42 Å². The molecule has 1 aromatic carbocycles. The Kier molecular flexibility index (Phi) is 3.50. The van der Waals surface area contributed by atoms with Crippen LogP contribution in [0.3, 0.4) is 0 Å². The van der Waals surface area contributed by atoms with Gasteiger partial charge in [-0.3, -0.25) is 4.79 Å². The number of Topliss-reactive ketones (excluding diaryl/α,β-unsaturated/α-hetero) is 1. The lowest BCUT2D eigenvalue weighted by atomic mass is 10.00. The summed E-state index contributed by atoms with van der Waals surface area (Å²) < 4.78 is 5.02. The smallest absolute Gasteiger partial charge is 0.171 e. The molecule has 0 unspecified atom stereocenters. The second-order valence-corrected chi connectivity index (χ2v) is 3.20. The molecule has 80 valence electrons. The number of methoxy groups -OCH3 is 1. The first kappa shape index (κ1) is 11.3. The number of hydrogen-bond acceptors (Lipinski definition) is 3. The van der Waals surface area contributed by atoms with E-state index >= 15 is 0 Å². The van der Waals surface area contributed by atoms with Gasteiger partial charge >= 0.3 is 0 Å². The zero-order valence-electron chi connectivity index (χ0n) is 8.91. The molecule has 3 heteroatoms. The summed E-state index contributed by atoms with van der Waals surface area (Å²) in [4.78, 5) is 11.4. The van der Waals surface area contributed by atoms with Crippen LogP contribution >= 0.6 is 0 Å². The summed E-state index contributed by atoms with van der Waals surface area (Å²) in [5.41, 5.74) is 1.24. The maximum absolute atomic E-state index is 11.4. The largest absolute Gasteiger partial charge is 0.504 e. The van der Waals surface area contributed by atoms with Crippen molar-refractivity contribution in [2.24, 2.45) is 0 Å². The minimum Gasteiger partial charge on any atom is -0.504 e. The van der Waals surface area contributed by atoms with Crippen LogP contribution in [-0.4, -0.2) is 18.0 Å². The highest BCUT2D eigenvalue weighted by Crippen LogP contribution is 2.33. The van der Waals surface area contributed by atoms with Crippen LogP contribution in [0.15, 0.2) is 24.8 Å². The highest BCUT2D eigenvalue weighted by molar-refractivity contribution is 5.99. The van der Waals surface area contributed by atoms with Crippen LogP contribution in [0.4, 0.5) is 0 Å². The number of carbonyl (C=O) groups excluding carboxylic acids is 1. The summed E-state index contributed by atoms with van der Waals surface area (Å²) in [6.07, 6.45) is 2.28. The zero-order valence-corrected chi connectivity index (χ0v) is 8.91. The normalized spacial score (nSPS) is 9.73. The van der Waals surface area contributed by atoms with Gasteiger partial charge in [0, 0.05) is 0 Å². The van der Waals surface area contributed by atoms with Gasteiger partial charge in [-0.1, -0.05) is 12.1 Å². The number of aromatic hydroxyl groups is 1. The Morgan fingerprint density at radius 2 is 2.27 bits per heavy atom. The minimum absolute atomic E-state index is 0.0180. The second-order valence-electron chi connectivity index (χ2n) is 3.20. The molecule has 0 aliphatic rings. The molecule has 0 saturated carbocycles. The van der Waals surface area contributed by atoms with Crippen molar-refractivity contribution < 1.29 is 14.6 Å². The predicted molar refractivity (Wildman–Crippen MR) is 58.6 cm³/mol. The number of carbonyl (C=O) groups is 1. The molecule has 1 aromatic rings. The number of phenolic OH excluding ortho intramolecular Hbond substituents is 1. The van der Waals surface area contributed by atoms with E-state index in [1.54, 1.807) is 12.1 Å². The molecule has 15 heavy (non-hydrogen) atoms. The second kappa shape index (κ2) is 4.64. The van der Waals surface area contributed by atoms with Crippen LogP contribution in [0.25, 0.3) is 0 Å². The number of hydrogen-bond donors (Lipinski definition) is 1. The third-order valence-corrected chi connectivity index (χ3v) is 2.14. The maximum Gasteiger partial charge on any atom is 0.171 e. The van der Waals surface area contributed by atoms with E-state index in [0.717, 1.165) is 5.56 Å². The van der Waals surface area contributed by atoms with Gasteiger partial charge < -0.3 is 9.84 Å². The van der Waals surface area contributed by atoms with Crippen molar-refractivity contribution in [3.05, 3.63) is 35.9 Å². The van der Waals surface area contributed by atoms with Gasteiger partial charge in [-0.25, -0.2) is 0 Å². The summed E-state index contributed by atoms with van der Waals surface area (Å²) >= 11 is 0. The minimum atomic E-state index is -0.125. The van der Waals surface area contributed by atoms with E-state index in [1.165, 1.54) is 20.1 Å². The van der Waals surface area contributed by atoms with Crippen molar-refractivity contribution >= 4 is 5.78 Å². The molecule has 1 N–H and O–H groups in total. The van der Waals surface area contributed by atoms with Gasteiger partial charge in [-0.05, 0) is 25.0 Å². The fourth-order valence-electron chi connectivity index (χ4n) is 1.53. The zero-order chi connectivity index (χ0) is 11.4. The molecular formula is C12H14O3. The Morgan fingerprint density at radius 3 is 2.73 bits per heavy atom. The van der Waals surface area contributed by atoms with Gasteiger partial charge in [-0.15, -0.1) is 6.58 Å². The van der Waals surface area contributed by atoms with E-state index in [2.05, 4.69) is 6.58 Å². The van der Waals surface area contributed by atoms with Crippen molar-refractivity contribution in [3.63, 3.8) is 0 Å². The van der Waals surface area contributed by atoms with Crippen molar-refractivity contribution in [2.45, 2.75) is 13.3 Å². The van der Waals surface area contributed by atoms with Crippen molar-refractivity contribution in [2.75, 3.05) is 7.11 Å². The standard InChI is InChI=1S/C12H14O3/c1-4-5-9-6-7-10(14)12(15-3)11(9)8(2)13/h4,6-7,14H,1,5H2,2-3H3. The summed E-state index contributed by atoms with van der Waals surface area (Å²) in [6.45, 7) is 5.07. The Bertz CT molecular complexity index is 394. The number of ether oxygens (including phenoxy) is 1. The number of benzene rings is 1. The molecule has 1 rings (SSSR count). The van der Waals surface area contributed by atoms with E-state index in [4.69, 9.17) is 4.74 Å². The molecule has 0 heterocycles. The summed E-state index contributed by atoms with van der Waals surface area (Å²) in [5.74, 6) is 0.0944. The first-order valence-electron chi connectivity index (χ1n) is 4.62. The predicted octanol–water partition coefficient (Wildman–Crippen LogP) is 2.33. The third kappa shape index (κ3) is 2.18. The van der Waals surface area contributed by atoms with Crippen molar-refractivity contribution in [1.29, 1.82) is 0 Å². The molecule has 0 radical (unpaired) electrons. The quantitative estimate of drug-likeness (QED) is 0.607. The molecule has 0 amide bonds. The fourth-order valence-corrected chi connectivity index (χ4v) is 1.53. The highest BCUT2D eigenvalue weighted by atomic mass is 16.5. The molecule has 0 aromatic heterocycles. The van der Waals surface area contributed by atoms with Crippen LogP contribution < -0.4 is 4.74 Å². The molecule has 0 spiro atoms. The average molecular weight is 206 g/mol. The molecule has 0 atom stereocenters. The summed E-state index contributed by atoms with van der Waals surface area (Å²) in [7, 11) is 1.43. The summed E-state index contributed by atoms with van der Waals surface area (Å²) in [6, 6.07) is 3.22. The van der Waals surface area contributed by atoms with Crippen molar-refractivity contribution in [1.82, 2.24) is 0 Å². The lowest BCUT2D eigenvalue weighted by Crippen LogP contribution is -2.03. The first-order chi connectivity index (χ1) is 7.11. The molecule has 0 bridgehead atoms. The van der Waals surface area contributed by atoms with Crippen LogP contribution in [0.5, 0.6) is 11.5 Å². The fraction of sp³-hybridized carbons (Fsp3) is 0.250. The Balaban J connectivity index is 3.41. The Hall–Kier alpha value is -1.77. The molecule has 0 aliphatic carbocycles. The van der Waals surface area contributed by atoms with E-state index in [1.807, 2.05) is 0 Å². The topological polar surface area (TPSA) is 46.5 Å². The number of allylic oxidation sites excluding steroid dienone is 1. The van der Waals surface area contributed by atoms with Gasteiger partial charge in [0.05, 0.1) is 12.7 Å². The van der Waals surface area contributed by atoms with Crippen LogP contribution in [0.1, 0.15) is 22.8 Å². The molecule has 0 aliphatic heterocycles. The molecule has 0 saturated heterocycles. The Labute approximate surface area is 89.0 Å². The van der Waals surface area contributed by atoms with Crippen molar-refractivity contribution in [3.8, 4) is 11.5 Å². The van der Waals surface area contributed by atoms with E-state index in [0.29, 0.717) is 12.0 Å². The molecule has 0 fully saturated rings. The monoisotopic (exact) mass is 206 g/mol. The van der Waals surface area contributed by atoms with E-state index in [9.17, 15) is 9.90 Å². The highest BCUT2D eigenvalue weighted by Gasteiger charge is 2.16. The van der Waals surface area contributed by atoms with Crippen LogP contribution in [0, 0.1) is 0 Å². The maximum atomic E-state index is 11.4. The number of rotatable bonds is 4.